The second kappa shape index (κ2) is 7.40. The molecule has 1 aliphatic rings. The van der Waals surface area contributed by atoms with E-state index in [1.165, 1.54) is 19.2 Å². The molecule has 9 heteroatoms. The zero-order chi connectivity index (χ0) is 18.7. The fraction of sp³-hybridized carbons (Fsp3) is 0.500. The van der Waals surface area contributed by atoms with Crippen LogP contribution in [0.4, 0.5) is 5.69 Å². The maximum Gasteiger partial charge on any atom is 0.252 e. The normalized spacial score (nSPS) is 16.9. The van der Waals surface area contributed by atoms with Gasteiger partial charge in [0.25, 0.3) is 5.91 Å². The van der Waals surface area contributed by atoms with Gasteiger partial charge >= 0.3 is 0 Å². The molecular formula is C16H23N3O5S. The Labute approximate surface area is 147 Å². The van der Waals surface area contributed by atoms with Crippen LogP contribution in [0, 0.1) is 0 Å². The summed E-state index contributed by atoms with van der Waals surface area (Å²) in [6.45, 7) is 0. The highest BCUT2D eigenvalue weighted by Crippen LogP contribution is 2.31. The standard InChI is InChI=1S/C16H23N3O5S/c1-24-13-7-6-11(10-12(13)14(17)20)18-15(21)16(19-25(2,22)23)8-4-3-5-9-16/h6-7,10,19H,3-5,8-9H2,1-2H3,(H2,17,20)(H,18,21). The molecule has 1 fully saturated rings. The van der Waals surface area contributed by atoms with Crippen molar-refractivity contribution in [1.29, 1.82) is 0 Å². The van der Waals surface area contributed by atoms with Gasteiger partial charge in [0.2, 0.25) is 15.9 Å². The first-order chi connectivity index (χ1) is 11.7. The highest BCUT2D eigenvalue weighted by Gasteiger charge is 2.41. The third-order valence-corrected chi connectivity index (χ3v) is 5.01. The Kier molecular flexibility index (Phi) is 5.69. The third-order valence-electron chi connectivity index (χ3n) is 4.25. The second-order valence-corrected chi connectivity index (χ2v) is 8.00. The molecule has 0 unspecified atom stereocenters. The molecule has 4 N–H and O–H groups in total. The molecule has 1 saturated carbocycles. The van der Waals surface area contributed by atoms with Gasteiger partial charge in [-0.2, -0.15) is 4.72 Å². The van der Waals surface area contributed by atoms with Crippen LogP contribution in [-0.4, -0.2) is 39.1 Å². The van der Waals surface area contributed by atoms with E-state index in [0.29, 0.717) is 24.3 Å². The monoisotopic (exact) mass is 369 g/mol. The predicted octanol–water partition coefficient (Wildman–Crippen LogP) is 0.985. The number of sulfonamides is 1. The lowest BCUT2D eigenvalue weighted by Gasteiger charge is -2.35. The van der Waals surface area contributed by atoms with E-state index in [9.17, 15) is 18.0 Å². The minimum Gasteiger partial charge on any atom is -0.496 e. The number of carbonyl (C=O) groups is 2. The first kappa shape index (κ1) is 19.2. The molecule has 0 bridgehead atoms. The summed E-state index contributed by atoms with van der Waals surface area (Å²) in [5.74, 6) is -0.833. The number of ether oxygens (including phenoxy) is 1. The molecule has 0 spiro atoms. The van der Waals surface area contributed by atoms with E-state index in [0.717, 1.165) is 25.5 Å². The van der Waals surface area contributed by atoms with Gasteiger partial charge in [-0.1, -0.05) is 19.3 Å². The van der Waals surface area contributed by atoms with Crippen molar-refractivity contribution in [3.05, 3.63) is 23.8 Å². The molecule has 1 aliphatic carbocycles. The van der Waals surface area contributed by atoms with Crippen LogP contribution in [-0.2, 0) is 14.8 Å². The number of methoxy groups -OCH3 is 1. The molecular weight excluding hydrogens is 346 g/mol. The second-order valence-electron chi connectivity index (χ2n) is 6.25. The number of anilines is 1. The van der Waals surface area contributed by atoms with Crippen LogP contribution < -0.4 is 20.5 Å². The van der Waals surface area contributed by atoms with Gasteiger partial charge in [0, 0.05) is 5.69 Å². The van der Waals surface area contributed by atoms with Crippen LogP contribution in [0.5, 0.6) is 5.75 Å². The average Bonchev–Trinajstić information content (AvgIpc) is 2.54. The molecule has 138 valence electrons. The largest absolute Gasteiger partial charge is 0.496 e. The Morgan fingerprint density at radius 2 is 1.84 bits per heavy atom. The molecule has 0 radical (unpaired) electrons. The van der Waals surface area contributed by atoms with Crippen LogP contribution in [0.1, 0.15) is 42.5 Å². The van der Waals surface area contributed by atoms with Crippen LogP contribution in [0.3, 0.4) is 0 Å². The van der Waals surface area contributed by atoms with Crippen LogP contribution in [0.2, 0.25) is 0 Å². The summed E-state index contributed by atoms with van der Waals surface area (Å²) in [5.41, 5.74) is 4.62. The zero-order valence-corrected chi connectivity index (χ0v) is 15.1. The lowest BCUT2D eigenvalue weighted by Crippen LogP contribution is -2.57. The topological polar surface area (TPSA) is 128 Å². The predicted molar refractivity (Wildman–Crippen MR) is 93.9 cm³/mol. The molecule has 1 aromatic rings. The van der Waals surface area contributed by atoms with E-state index < -0.39 is 27.4 Å². The SMILES string of the molecule is COc1ccc(NC(=O)C2(NS(C)(=O)=O)CCCCC2)cc1C(N)=O. The van der Waals surface area contributed by atoms with Gasteiger partial charge in [0.1, 0.15) is 11.3 Å². The first-order valence-corrected chi connectivity index (χ1v) is 9.84. The number of nitrogens with one attached hydrogen (secondary N) is 2. The van der Waals surface area contributed by atoms with Gasteiger partial charge in [-0.15, -0.1) is 0 Å². The Balaban J connectivity index is 2.29. The van der Waals surface area contributed by atoms with Crippen molar-refractivity contribution in [3.63, 3.8) is 0 Å². The van der Waals surface area contributed by atoms with Crippen molar-refractivity contribution >= 4 is 27.5 Å². The molecule has 0 heterocycles. The number of rotatable bonds is 6. The molecule has 0 atom stereocenters. The molecule has 0 aliphatic heterocycles. The summed E-state index contributed by atoms with van der Waals surface area (Å²) in [5, 5.41) is 2.69. The van der Waals surface area contributed by atoms with Gasteiger partial charge in [0.05, 0.1) is 18.9 Å². The minimum absolute atomic E-state index is 0.133. The molecule has 1 aromatic carbocycles. The third kappa shape index (κ3) is 4.70. The van der Waals surface area contributed by atoms with E-state index >= 15 is 0 Å². The van der Waals surface area contributed by atoms with Crippen molar-refractivity contribution < 1.29 is 22.7 Å². The van der Waals surface area contributed by atoms with Crippen molar-refractivity contribution in [2.45, 2.75) is 37.6 Å². The fourth-order valence-electron chi connectivity index (χ4n) is 3.11. The van der Waals surface area contributed by atoms with Gasteiger partial charge in [0.15, 0.2) is 0 Å². The van der Waals surface area contributed by atoms with E-state index in [-0.39, 0.29) is 5.56 Å². The average molecular weight is 369 g/mol. The van der Waals surface area contributed by atoms with Crippen molar-refractivity contribution in [3.8, 4) is 5.75 Å². The smallest absolute Gasteiger partial charge is 0.252 e. The highest BCUT2D eigenvalue weighted by atomic mass is 32.2. The van der Waals surface area contributed by atoms with Crippen LogP contribution in [0.15, 0.2) is 18.2 Å². The number of carbonyl (C=O) groups excluding carboxylic acids is 2. The summed E-state index contributed by atoms with van der Waals surface area (Å²) >= 11 is 0. The van der Waals surface area contributed by atoms with Crippen molar-refractivity contribution in [2.24, 2.45) is 5.73 Å². The van der Waals surface area contributed by atoms with Gasteiger partial charge in [-0.05, 0) is 31.0 Å². The quantitative estimate of drug-likeness (QED) is 0.689. The summed E-state index contributed by atoms with van der Waals surface area (Å²) in [7, 11) is -2.15. The van der Waals surface area contributed by atoms with Gasteiger partial charge in [-0.25, -0.2) is 8.42 Å². The number of hydrogen-bond acceptors (Lipinski definition) is 5. The summed E-state index contributed by atoms with van der Waals surface area (Å²) in [6, 6.07) is 4.50. The van der Waals surface area contributed by atoms with Crippen LogP contribution in [0.25, 0.3) is 0 Å². The number of nitrogens with two attached hydrogens (primary N) is 1. The molecule has 2 rings (SSSR count). The Morgan fingerprint density at radius 1 is 1.20 bits per heavy atom. The van der Waals surface area contributed by atoms with Crippen LogP contribution >= 0.6 is 0 Å². The zero-order valence-electron chi connectivity index (χ0n) is 14.3. The number of hydrogen-bond donors (Lipinski definition) is 3. The van der Waals surface area contributed by atoms with Crippen molar-refractivity contribution in [2.75, 3.05) is 18.7 Å². The first-order valence-electron chi connectivity index (χ1n) is 7.95. The Bertz CT molecular complexity index is 770. The Hall–Kier alpha value is -2.13. The fourth-order valence-corrected chi connectivity index (χ4v) is 4.12. The minimum atomic E-state index is -3.56. The van der Waals surface area contributed by atoms with E-state index in [1.54, 1.807) is 6.07 Å². The summed E-state index contributed by atoms with van der Waals surface area (Å²) in [6.07, 6.45) is 4.34. The Morgan fingerprint density at radius 3 is 2.36 bits per heavy atom. The number of primary amides is 1. The molecule has 25 heavy (non-hydrogen) atoms. The number of amides is 2. The van der Waals surface area contributed by atoms with Gasteiger partial charge < -0.3 is 15.8 Å². The van der Waals surface area contributed by atoms with Crippen molar-refractivity contribution in [1.82, 2.24) is 4.72 Å². The maximum absolute atomic E-state index is 12.8. The lowest BCUT2D eigenvalue weighted by atomic mass is 9.82. The summed E-state index contributed by atoms with van der Waals surface area (Å²) < 4.78 is 31.0. The molecule has 0 aromatic heterocycles. The maximum atomic E-state index is 12.8. The molecule has 8 nitrogen and oxygen atoms in total. The highest BCUT2D eigenvalue weighted by molar-refractivity contribution is 7.88. The van der Waals surface area contributed by atoms with Gasteiger partial charge in [-0.3, -0.25) is 9.59 Å². The summed E-state index contributed by atoms with van der Waals surface area (Å²) in [4.78, 5) is 24.3. The van der Waals surface area contributed by atoms with E-state index in [1.807, 2.05) is 0 Å². The molecule has 0 saturated heterocycles. The van der Waals surface area contributed by atoms with E-state index in [4.69, 9.17) is 10.5 Å². The number of benzene rings is 1. The van der Waals surface area contributed by atoms with E-state index in [2.05, 4.69) is 10.0 Å². The molecule has 2 amide bonds. The lowest BCUT2D eigenvalue weighted by molar-refractivity contribution is -0.122.